The van der Waals surface area contributed by atoms with Gasteiger partial charge in [0, 0.05) is 11.3 Å². The van der Waals surface area contributed by atoms with Gasteiger partial charge in [-0.25, -0.2) is 0 Å². The first-order chi connectivity index (χ1) is 5.15. The highest BCUT2D eigenvalue weighted by Crippen LogP contribution is 2.06. The van der Waals surface area contributed by atoms with Crippen molar-refractivity contribution in [3.05, 3.63) is 32.2 Å². The number of rotatable bonds is 1. The Morgan fingerprint density at radius 3 is 2.82 bits per heavy atom. The lowest BCUT2D eigenvalue weighted by atomic mass is 10.2. The molecule has 0 unspecified atom stereocenters. The third kappa shape index (κ3) is 1.57. The van der Waals surface area contributed by atoms with Crippen LogP contribution in [0.15, 0.2) is 15.3 Å². The van der Waals surface area contributed by atoms with Crippen LogP contribution in [-0.2, 0) is 0 Å². The fourth-order valence-electron chi connectivity index (χ4n) is 0.735. The molecule has 58 valence electrons. The van der Waals surface area contributed by atoms with Crippen molar-refractivity contribution in [2.24, 2.45) is 0 Å². The van der Waals surface area contributed by atoms with Gasteiger partial charge in [0.15, 0.2) is 6.29 Å². The predicted octanol–water partition coefficient (Wildman–Crippen LogP) is 1.26. The molecule has 0 radical (unpaired) electrons. The number of hydrogen-bond donors (Lipinski definition) is 1. The molecule has 11 heavy (non-hydrogen) atoms. The van der Waals surface area contributed by atoms with Crippen molar-refractivity contribution >= 4 is 22.2 Å². The summed E-state index contributed by atoms with van der Waals surface area (Å²) in [7, 11) is 0. The summed E-state index contributed by atoms with van der Waals surface area (Å²) in [5.74, 6) is 0. The van der Waals surface area contributed by atoms with Gasteiger partial charge in [-0.15, -0.1) is 0 Å². The third-order valence-electron chi connectivity index (χ3n) is 1.36. The highest BCUT2D eigenvalue weighted by Gasteiger charge is 2.00. The molecule has 3 nitrogen and oxygen atoms in total. The number of aldehydes is 1. The van der Waals surface area contributed by atoms with E-state index < -0.39 is 0 Å². The molecule has 0 amide bonds. The summed E-state index contributed by atoms with van der Waals surface area (Å²) < 4.78 is 0.380. The summed E-state index contributed by atoms with van der Waals surface area (Å²) in [5, 5.41) is 0. The van der Waals surface area contributed by atoms with E-state index in [-0.39, 0.29) is 5.56 Å². The molecule has 0 aliphatic rings. The van der Waals surface area contributed by atoms with Gasteiger partial charge in [0.25, 0.3) is 5.56 Å². The minimum atomic E-state index is -0.215. The van der Waals surface area contributed by atoms with Crippen molar-refractivity contribution in [2.75, 3.05) is 0 Å². The fraction of sp³-hybridized carbons (Fsp3) is 0.143. The van der Waals surface area contributed by atoms with Gasteiger partial charge in [-0.3, -0.25) is 9.59 Å². The molecule has 0 spiro atoms. The largest absolute Gasteiger partial charge is 0.325 e. The third-order valence-corrected chi connectivity index (χ3v) is 1.95. The molecule has 1 heterocycles. The normalized spacial score (nSPS) is 9.64. The van der Waals surface area contributed by atoms with Crippen molar-refractivity contribution in [1.29, 1.82) is 0 Å². The number of hydrogen-bond acceptors (Lipinski definition) is 2. The second-order valence-electron chi connectivity index (χ2n) is 2.14. The average Bonchev–Trinajstić information content (AvgIpc) is 1.97. The standard InChI is InChI=1S/C7H6BrNO2/c1-4-5(3-10)2-6(8)7(11)9-4/h2-3H,1H3,(H,9,11). The van der Waals surface area contributed by atoms with E-state index in [0.29, 0.717) is 22.0 Å². The molecule has 1 aromatic rings. The van der Waals surface area contributed by atoms with Gasteiger partial charge in [0.05, 0.1) is 4.47 Å². The number of H-pyrrole nitrogens is 1. The maximum atomic E-state index is 10.9. The smallest absolute Gasteiger partial charge is 0.262 e. The number of nitrogens with one attached hydrogen (secondary N) is 1. The van der Waals surface area contributed by atoms with Crippen LogP contribution in [0.25, 0.3) is 0 Å². The van der Waals surface area contributed by atoms with E-state index in [1.54, 1.807) is 6.92 Å². The van der Waals surface area contributed by atoms with Crippen LogP contribution in [0.3, 0.4) is 0 Å². The van der Waals surface area contributed by atoms with Gasteiger partial charge in [0.1, 0.15) is 0 Å². The minimum absolute atomic E-state index is 0.215. The molecule has 4 heteroatoms. The van der Waals surface area contributed by atoms with Crippen LogP contribution in [-0.4, -0.2) is 11.3 Å². The van der Waals surface area contributed by atoms with Crippen molar-refractivity contribution in [3.8, 4) is 0 Å². The average molecular weight is 216 g/mol. The maximum absolute atomic E-state index is 10.9. The molecule has 0 fully saturated rings. The molecule has 0 saturated heterocycles. The second kappa shape index (κ2) is 3.00. The van der Waals surface area contributed by atoms with Crippen LogP contribution in [0.5, 0.6) is 0 Å². The highest BCUT2D eigenvalue weighted by molar-refractivity contribution is 9.10. The van der Waals surface area contributed by atoms with Gasteiger partial charge in [0.2, 0.25) is 0 Å². The molecule has 0 aliphatic heterocycles. The van der Waals surface area contributed by atoms with Gasteiger partial charge in [-0.05, 0) is 28.9 Å². The van der Waals surface area contributed by atoms with Gasteiger partial charge >= 0.3 is 0 Å². The number of halogens is 1. The van der Waals surface area contributed by atoms with Gasteiger partial charge in [-0.2, -0.15) is 0 Å². The van der Waals surface area contributed by atoms with E-state index in [1.165, 1.54) is 6.07 Å². The van der Waals surface area contributed by atoms with E-state index in [2.05, 4.69) is 20.9 Å². The molecule has 1 N–H and O–H groups in total. The molecule has 0 bridgehead atoms. The summed E-state index contributed by atoms with van der Waals surface area (Å²) in [6, 6.07) is 1.50. The highest BCUT2D eigenvalue weighted by atomic mass is 79.9. The van der Waals surface area contributed by atoms with Crippen LogP contribution in [0.1, 0.15) is 16.1 Å². The number of pyridine rings is 1. The monoisotopic (exact) mass is 215 g/mol. The molecular weight excluding hydrogens is 210 g/mol. The number of aromatic amines is 1. The van der Waals surface area contributed by atoms with Crippen LogP contribution < -0.4 is 5.56 Å². The second-order valence-corrected chi connectivity index (χ2v) is 3.00. The first-order valence-electron chi connectivity index (χ1n) is 2.99. The Bertz CT molecular complexity index is 343. The minimum Gasteiger partial charge on any atom is -0.325 e. The number of carbonyl (C=O) groups is 1. The van der Waals surface area contributed by atoms with Crippen LogP contribution >= 0.6 is 15.9 Å². The van der Waals surface area contributed by atoms with Crippen molar-refractivity contribution < 1.29 is 4.79 Å². The fourth-order valence-corrected chi connectivity index (χ4v) is 1.08. The first kappa shape index (κ1) is 8.20. The molecule has 0 aromatic carbocycles. The summed E-state index contributed by atoms with van der Waals surface area (Å²) in [4.78, 5) is 23.8. The van der Waals surface area contributed by atoms with Gasteiger partial charge < -0.3 is 4.98 Å². The lowest BCUT2D eigenvalue weighted by Gasteiger charge is -1.96. The predicted molar refractivity (Wildman–Crippen MR) is 44.9 cm³/mol. The Hall–Kier alpha value is -0.900. The molecule has 0 atom stereocenters. The summed E-state index contributed by atoms with van der Waals surface area (Å²) in [6.45, 7) is 1.68. The zero-order valence-electron chi connectivity index (χ0n) is 5.85. The SMILES string of the molecule is Cc1[nH]c(=O)c(Br)cc1C=O. The number of aryl methyl sites for hydroxylation is 1. The van der Waals surface area contributed by atoms with E-state index >= 15 is 0 Å². The zero-order chi connectivity index (χ0) is 8.43. The quantitative estimate of drug-likeness (QED) is 0.718. The maximum Gasteiger partial charge on any atom is 0.262 e. The van der Waals surface area contributed by atoms with Crippen LogP contribution in [0.4, 0.5) is 0 Å². The Labute approximate surface area is 71.6 Å². The van der Waals surface area contributed by atoms with E-state index in [4.69, 9.17) is 0 Å². The lowest BCUT2D eigenvalue weighted by molar-refractivity contribution is 0.112. The van der Waals surface area contributed by atoms with Crippen LogP contribution in [0, 0.1) is 6.92 Å². The number of aromatic nitrogens is 1. The molecular formula is C7H6BrNO2. The molecule has 1 rings (SSSR count). The molecule has 0 aliphatic carbocycles. The molecule has 0 saturated carbocycles. The Kier molecular flexibility index (Phi) is 2.24. The lowest BCUT2D eigenvalue weighted by Crippen LogP contribution is -2.09. The zero-order valence-corrected chi connectivity index (χ0v) is 7.44. The van der Waals surface area contributed by atoms with Gasteiger partial charge in [-0.1, -0.05) is 0 Å². The van der Waals surface area contributed by atoms with Crippen molar-refractivity contribution in [3.63, 3.8) is 0 Å². The van der Waals surface area contributed by atoms with E-state index in [0.717, 1.165) is 0 Å². The summed E-state index contributed by atoms with van der Waals surface area (Å²) in [5.41, 5.74) is 0.873. The van der Waals surface area contributed by atoms with Crippen molar-refractivity contribution in [2.45, 2.75) is 6.92 Å². The Balaban J connectivity index is 3.43. The number of carbonyl (C=O) groups excluding carboxylic acids is 1. The van der Waals surface area contributed by atoms with E-state index in [1.807, 2.05) is 0 Å². The first-order valence-corrected chi connectivity index (χ1v) is 3.79. The van der Waals surface area contributed by atoms with Crippen LogP contribution in [0.2, 0.25) is 0 Å². The van der Waals surface area contributed by atoms with Crippen molar-refractivity contribution in [1.82, 2.24) is 4.98 Å². The Morgan fingerprint density at radius 2 is 2.27 bits per heavy atom. The summed E-state index contributed by atoms with van der Waals surface area (Å²) in [6.07, 6.45) is 0.704. The molecule has 1 aromatic heterocycles. The summed E-state index contributed by atoms with van der Waals surface area (Å²) >= 11 is 3.02. The van der Waals surface area contributed by atoms with E-state index in [9.17, 15) is 9.59 Å². The Morgan fingerprint density at radius 1 is 1.64 bits per heavy atom. The topological polar surface area (TPSA) is 49.9 Å².